The summed E-state index contributed by atoms with van der Waals surface area (Å²) in [5.74, 6) is 1.60. The monoisotopic (exact) mass is 224 g/mol. The minimum Gasteiger partial charge on any atom is -0.469 e. The maximum atomic E-state index is 9.92. The lowest BCUT2D eigenvalue weighted by molar-refractivity contribution is 0.0419. The van der Waals surface area contributed by atoms with Gasteiger partial charge in [-0.2, -0.15) is 0 Å². The van der Waals surface area contributed by atoms with E-state index < -0.39 is 0 Å². The van der Waals surface area contributed by atoms with Gasteiger partial charge in [0.25, 0.3) is 0 Å². The highest BCUT2D eigenvalue weighted by Gasteiger charge is 2.17. The molecule has 0 radical (unpaired) electrons. The molecule has 3 nitrogen and oxygen atoms in total. The van der Waals surface area contributed by atoms with Crippen LogP contribution < -0.4 is 0 Å². The van der Waals surface area contributed by atoms with Crippen LogP contribution in [-0.4, -0.2) is 24.4 Å². The second-order valence-corrected chi connectivity index (χ2v) is 4.56. The lowest BCUT2D eigenvalue weighted by Crippen LogP contribution is -2.21. The van der Waals surface area contributed by atoms with Crippen molar-refractivity contribution >= 4 is 0 Å². The first-order valence-electron chi connectivity index (χ1n) is 6.13. The second-order valence-electron chi connectivity index (χ2n) is 4.56. The van der Waals surface area contributed by atoms with Gasteiger partial charge in [-0.3, -0.25) is 0 Å². The van der Waals surface area contributed by atoms with Gasteiger partial charge in [-0.1, -0.05) is 0 Å². The van der Waals surface area contributed by atoms with Crippen molar-refractivity contribution in [1.82, 2.24) is 0 Å². The van der Waals surface area contributed by atoms with Crippen LogP contribution in [0.15, 0.2) is 22.8 Å². The third kappa shape index (κ3) is 3.65. The Morgan fingerprint density at radius 1 is 1.38 bits per heavy atom. The Balaban J connectivity index is 1.65. The predicted molar refractivity (Wildman–Crippen MR) is 61.2 cm³/mol. The van der Waals surface area contributed by atoms with Gasteiger partial charge >= 0.3 is 0 Å². The minimum absolute atomic E-state index is 0.201. The van der Waals surface area contributed by atoms with E-state index in [1.807, 2.05) is 12.1 Å². The molecule has 0 aliphatic carbocycles. The first-order valence-corrected chi connectivity index (χ1v) is 6.13. The number of hydrogen-bond acceptors (Lipinski definition) is 3. The van der Waals surface area contributed by atoms with E-state index in [0.717, 1.165) is 51.1 Å². The van der Waals surface area contributed by atoms with Crippen LogP contribution in [0.2, 0.25) is 0 Å². The maximum Gasteiger partial charge on any atom is 0.103 e. The molecule has 3 heteroatoms. The SMILES string of the molecule is OC(CCc1ccco1)CC1CCOCC1. The molecule has 1 N–H and O–H groups in total. The first-order chi connectivity index (χ1) is 7.84. The molecule has 1 fully saturated rings. The Hall–Kier alpha value is -0.800. The Morgan fingerprint density at radius 2 is 2.19 bits per heavy atom. The zero-order chi connectivity index (χ0) is 11.2. The summed E-state index contributed by atoms with van der Waals surface area (Å²) in [5.41, 5.74) is 0. The van der Waals surface area contributed by atoms with Gasteiger partial charge in [-0.05, 0) is 43.7 Å². The van der Waals surface area contributed by atoms with E-state index >= 15 is 0 Å². The molecule has 0 saturated carbocycles. The van der Waals surface area contributed by atoms with Gasteiger partial charge in [0.05, 0.1) is 12.4 Å². The van der Waals surface area contributed by atoms with Crippen LogP contribution >= 0.6 is 0 Å². The summed E-state index contributed by atoms with van der Waals surface area (Å²) in [7, 11) is 0. The molecule has 1 aromatic heterocycles. The molecule has 1 unspecified atom stereocenters. The molecular weight excluding hydrogens is 204 g/mol. The van der Waals surface area contributed by atoms with E-state index in [4.69, 9.17) is 9.15 Å². The Kier molecular flexibility index (Phi) is 4.43. The predicted octanol–water partition coefficient (Wildman–Crippen LogP) is 2.39. The molecule has 1 atom stereocenters. The number of furan rings is 1. The van der Waals surface area contributed by atoms with Crippen LogP contribution in [0.1, 0.15) is 31.4 Å². The molecule has 0 spiro atoms. The topological polar surface area (TPSA) is 42.6 Å². The number of aliphatic hydroxyl groups is 1. The van der Waals surface area contributed by atoms with Gasteiger partial charge < -0.3 is 14.3 Å². The molecule has 1 aliphatic heterocycles. The largest absolute Gasteiger partial charge is 0.469 e. The number of aliphatic hydroxyl groups excluding tert-OH is 1. The van der Waals surface area contributed by atoms with Crippen molar-refractivity contribution in [2.24, 2.45) is 5.92 Å². The average molecular weight is 224 g/mol. The van der Waals surface area contributed by atoms with Crippen molar-refractivity contribution < 1.29 is 14.3 Å². The highest BCUT2D eigenvalue weighted by atomic mass is 16.5. The van der Waals surface area contributed by atoms with E-state index in [0.29, 0.717) is 5.92 Å². The molecule has 0 amide bonds. The first kappa shape index (κ1) is 11.7. The van der Waals surface area contributed by atoms with Crippen LogP contribution in [0.5, 0.6) is 0 Å². The molecule has 0 bridgehead atoms. The van der Waals surface area contributed by atoms with Crippen LogP contribution in [0.4, 0.5) is 0 Å². The third-order valence-electron chi connectivity index (χ3n) is 3.25. The number of rotatable bonds is 5. The van der Waals surface area contributed by atoms with Crippen LogP contribution in [0.25, 0.3) is 0 Å². The zero-order valence-corrected chi connectivity index (χ0v) is 9.60. The molecule has 1 aliphatic rings. The normalized spacial score (nSPS) is 19.8. The summed E-state index contributed by atoms with van der Waals surface area (Å²) in [6, 6.07) is 3.85. The molecule has 2 rings (SSSR count). The average Bonchev–Trinajstić information content (AvgIpc) is 2.81. The van der Waals surface area contributed by atoms with Gasteiger partial charge in [0.15, 0.2) is 0 Å². The summed E-state index contributed by atoms with van der Waals surface area (Å²) in [6.45, 7) is 1.71. The second kappa shape index (κ2) is 6.06. The Bertz CT molecular complexity index is 275. The fourth-order valence-electron chi connectivity index (χ4n) is 2.25. The third-order valence-corrected chi connectivity index (χ3v) is 3.25. The van der Waals surface area contributed by atoms with Crippen LogP contribution in [0, 0.1) is 5.92 Å². The number of aryl methyl sites for hydroxylation is 1. The zero-order valence-electron chi connectivity index (χ0n) is 9.60. The maximum absolute atomic E-state index is 9.92. The smallest absolute Gasteiger partial charge is 0.103 e. The summed E-state index contributed by atoms with van der Waals surface area (Å²) in [6.07, 6.45) is 6.20. The molecule has 16 heavy (non-hydrogen) atoms. The number of ether oxygens (including phenoxy) is 1. The van der Waals surface area contributed by atoms with Crippen molar-refractivity contribution in [2.45, 2.75) is 38.2 Å². The molecule has 90 valence electrons. The lowest BCUT2D eigenvalue weighted by atomic mass is 9.92. The quantitative estimate of drug-likeness (QED) is 0.835. The fourth-order valence-corrected chi connectivity index (χ4v) is 2.25. The van der Waals surface area contributed by atoms with E-state index in [1.54, 1.807) is 6.26 Å². The molecule has 1 saturated heterocycles. The van der Waals surface area contributed by atoms with Crippen molar-refractivity contribution in [3.63, 3.8) is 0 Å². The molecular formula is C13H20O3. The van der Waals surface area contributed by atoms with Crippen LogP contribution in [-0.2, 0) is 11.2 Å². The van der Waals surface area contributed by atoms with Crippen molar-refractivity contribution in [1.29, 1.82) is 0 Å². The lowest BCUT2D eigenvalue weighted by Gasteiger charge is -2.24. The Labute approximate surface area is 96.4 Å². The van der Waals surface area contributed by atoms with Gasteiger partial charge in [0.2, 0.25) is 0 Å². The number of hydrogen-bond donors (Lipinski definition) is 1. The van der Waals surface area contributed by atoms with Gasteiger partial charge in [-0.25, -0.2) is 0 Å². The highest BCUT2D eigenvalue weighted by Crippen LogP contribution is 2.21. The van der Waals surface area contributed by atoms with Crippen molar-refractivity contribution in [3.8, 4) is 0 Å². The molecule has 0 aromatic carbocycles. The Morgan fingerprint density at radius 3 is 2.88 bits per heavy atom. The van der Waals surface area contributed by atoms with E-state index in [2.05, 4.69) is 0 Å². The summed E-state index contributed by atoms with van der Waals surface area (Å²) in [4.78, 5) is 0. The summed E-state index contributed by atoms with van der Waals surface area (Å²) in [5, 5.41) is 9.92. The molecule has 1 aromatic rings. The van der Waals surface area contributed by atoms with E-state index in [1.165, 1.54) is 0 Å². The van der Waals surface area contributed by atoms with Crippen LogP contribution in [0.3, 0.4) is 0 Å². The minimum atomic E-state index is -0.201. The van der Waals surface area contributed by atoms with E-state index in [-0.39, 0.29) is 6.10 Å². The van der Waals surface area contributed by atoms with Gasteiger partial charge in [0, 0.05) is 19.6 Å². The van der Waals surface area contributed by atoms with Gasteiger partial charge in [-0.15, -0.1) is 0 Å². The highest BCUT2D eigenvalue weighted by molar-refractivity contribution is 4.98. The summed E-state index contributed by atoms with van der Waals surface area (Å²) < 4.78 is 10.5. The molecule has 2 heterocycles. The standard InChI is InChI=1S/C13H20O3/c14-12(3-4-13-2-1-7-16-13)10-11-5-8-15-9-6-11/h1-2,7,11-12,14H,3-6,8-10H2. The van der Waals surface area contributed by atoms with Gasteiger partial charge in [0.1, 0.15) is 5.76 Å². The van der Waals surface area contributed by atoms with Crippen molar-refractivity contribution in [2.75, 3.05) is 13.2 Å². The van der Waals surface area contributed by atoms with E-state index in [9.17, 15) is 5.11 Å². The fraction of sp³-hybridized carbons (Fsp3) is 0.692. The summed E-state index contributed by atoms with van der Waals surface area (Å²) >= 11 is 0. The van der Waals surface area contributed by atoms with Crippen molar-refractivity contribution in [3.05, 3.63) is 24.2 Å².